The predicted octanol–water partition coefficient (Wildman–Crippen LogP) is 5.66. The molecule has 8 heteroatoms. The van der Waals surface area contributed by atoms with E-state index in [2.05, 4.69) is 10.6 Å². The monoisotopic (exact) mass is 540 g/mol. The van der Waals surface area contributed by atoms with Gasteiger partial charge in [-0.1, -0.05) is 24.3 Å². The molecule has 0 bridgehead atoms. The first-order valence-corrected chi connectivity index (χ1v) is 12.9. The van der Waals surface area contributed by atoms with Gasteiger partial charge in [-0.15, -0.1) is 0 Å². The van der Waals surface area contributed by atoms with Crippen molar-refractivity contribution in [3.63, 3.8) is 0 Å². The second-order valence-corrected chi connectivity index (χ2v) is 11.5. The van der Waals surface area contributed by atoms with Gasteiger partial charge in [-0.25, -0.2) is 0 Å². The van der Waals surface area contributed by atoms with E-state index < -0.39 is 0 Å². The normalized spacial score (nSPS) is 11.7. The summed E-state index contributed by atoms with van der Waals surface area (Å²) < 4.78 is 1.01. The Morgan fingerprint density at radius 2 is 1.10 bits per heavy atom. The molecule has 0 spiro atoms. The summed E-state index contributed by atoms with van der Waals surface area (Å²) in [5, 5.41) is 26.3. The summed E-state index contributed by atoms with van der Waals surface area (Å²) in [5.74, 6) is -0.481. The van der Waals surface area contributed by atoms with E-state index in [9.17, 15) is 19.8 Å². The fraction of sp³-hybridized carbons (Fsp3) is 0.188. The summed E-state index contributed by atoms with van der Waals surface area (Å²) in [7, 11) is 11.8. The average Bonchev–Trinajstić information content (AvgIpc) is 2.88. The zero-order valence-corrected chi connectivity index (χ0v) is 23.7. The number of amides is 2. The second-order valence-electron chi connectivity index (χ2n) is 11.5. The van der Waals surface area contributed by atoms with Crippen LogP contribution in [0.1, 0.15) is 20.7 Å². The number of phenolic OH excluding ortho intramolecular Hbond substituents is 2. The number of benzene rings is 4. The van der Waals surface area contributed by atoms with Crippen molar-refractivity contribution in [1.82, 2.24) is 8.97 Å². The lowest BCUT2D eigenvalue weighted by atomic mass is 10.0. The van der Waals surface area contributed by atoms with Crippen LogP contribution in [0.2, 0.25) is 0 Å². The number of hydrogen-bond donors (Lipinski definition) is 4. The van der Waals surface area contributed by atoms with Crippen LogP contribution in [0.5, 0.6) is 11.5 Å². The number of anilines is 2. The number of nitrogens with one attached hydrogen (secondary N) is 2. The van der Waals surface area contributed by atoms with E-state index in [1.807, 2.05) is 72.6 Å². The summed E-state index contributed by atoms with van der Waals surface area (Å²) in [6.45, 7) is 0. The fourth-order valence-electron chi connectivity index (χ4n) is 4.24. The standard InChI is InChI=1S/C32H34N4O4/c1-35(2,3)26-16-17-27(29(37)20-26)34-32(40)24-13-9-22(10-14-24)21-7-11-23(12-8-21)31(39)33-25-15-18-28(30(38)19-25)36(4,5)6/h7-20H,1-6H3,(H2-2,33,34,37,38,39,40)/p+2. The smallest absolute Gasteiger partial charge is 0.255 e. The van der Waals surface area contributed by atoms with Gasteiger partial charge in [0.05, 0.1) is 48.0 Å². The maximum Gasteiger partial charge on any atom is 0.255 e. The van der Waals surface area contributed by atoms with Gasteiger partial charge in [-0.3, -0.25) is 18.6 Å². The van der Waals surface area contributed by atoms with Gasteiger partial charge in [0, 0.05) is 41.1 Å². The quantitative estimate of drug-likeness (QED) is 0.180. The molecular formula is C32H36N4O4+2. The van der Waals surface area contributed by atoms with E-state index >= 15 is 0 Å². The number of carbonyl (C=O) groups excluding carboxylic acids is 2. The third-order valence-electron chi connectivity index (χ3n) is 6.59. The van der Waals surface area contributed by atoms with Crippen LogP contribution in [-0.2, 0) is 0 Å². The lowest BCUT2D eigenvalue weighted by Gasteiger charge is -2.24. The molecule has 4 rings (SSSR count). The van der Waals surface area contributed by atoms with Crippen molar-refractivity contribution in [3.05, 3.63) is 96.1 Å². The Bertz CT molecular complexity index is 1550. The van der Waals surface area contributed by atoms with Gasteiger partial charge < -0.3 is 20.8 Å². The van der Waals surface area contributed by atoms with Crippen LogP contribution < -0.4 is 19.6 Å². The first-order valence-electron chi connectivity index (χ1n) is 12.9. The molecule has 206 valence electrons. The Balaban J connectivity index is 1.41. The summed E-state index contributed by atoms with van der Waals surface area (Å²) in [5.41, 5.74) is 5.23. The average molecular weight is 541 g/mol. The van der Waals surface area contributed by atoms with Crippen molar-refractivity contribution in [2.45, 2.75) is 0 Å². The molecule has 0 atom stereocenters. The first-order chi connectivity index (χ1) is 18.7. The van der Waals surface area contributed by atoms with Crippen molar-refractivity contribution in [2.24, 2.45) is 0 Å². The molecule has 2 amide bonds. The fourth-order valence-corrected chi connectivity index (χ4v) is 4.24. The predicted molar refractivity (Wildman–Crippen MR) is 163 cm³/mol. The molecule has 0 aliphatic carbocycles. The van der Waals surface area contributed by atoms with Crippen LogP contribution in [0, 0.1) is 0 Å². The highest BCUT2D eigenvalue weighted by Gasteiger charge is 2.19. The van der Waals surface area contributed by atoms with Crippen LogP contribution >= 0.6 is 0 Å². The number of rotatable bonds is 7. The Labute approximate surface area is 234 Å². The third kappa shape index (κ3) is 6.48. The van der Waals surface area contributed by atoms with Crippen LogP contribution in [0.3, 0.4) is 0 Å². The Morgan fingerprint density at radius 3 is 1.55 bits per heavy atom. The summed E-state index contributed by atoms with van der Waals surface area (Å²) in [6, 6.07) is 24.6. The molecule has 4 aromatic carbocycles. The number of carbonyl (C=O) groups is 2. The van der Waals surface area contributed by atoms with Crippen molar-refractivity contribution < 1.29 is 19.8 Å². The van der Waals surface area contributed by atoms with Crippen LogP contribution in [0.4, 0.5) is 22.7 Å². The van der Waals surface area contributed by atoms with E-state index in [-0.39, 0.29) is 23.3 Å². The molecule has 0 unspecified atom stereocenters. The van der Waals surface area contributed by atoms with Crippen molar-refractivity contribution in [1.29, 1.82) is 0 Å². The zero-order chi connectivity index (χ0) is 29.2. The molecule has 0 radical (unpaired) electrons. The van der Waals surface area contributed by atoms with Gasteiger partial charge in [0.2, 0.25) is 0 Å². The molecule has 0 aliphatic rings. The van der Waals surface area contributed by atoms with Crippen molar-refractivity contribution in [2.75, 3.05) is 52.9 Å². The molecule has 40 heavy (non-hydrogen) atoms. The number of aromatic hydroxyl groups is 2. The van der Waals surface area contributed by atoms with E-state index in [0.717, 1.165) is 22.5 Å². The second kappa shape index (κ2) is 10.8. The minimum absolute atomic E-state index is 0.0117. The summed E-state index contributed by atoms with van der Waals surface area (Å²) in [4.78, 5) is 25.5. The molecule has 0 aromatic heterocycles. The molecular weight excluding hydrogens is 504 g/mol. The van der Waals surface area contributed by atoms with E-state index in [1.54, 1.807) is 54.6 Å². The van der Waals surface area contributed by atoms with Gasteiger partial charge in [-0.2, -0.15) is 0 Å². The number of quaternary nitrogens is 2. The molecule has 0 aliphatic heterocycles. The largest absolute Gasteiger partial charge is 0.506 e. The van der Waals surface area contributed by atoms with E-state index in [0.29, 0.717) is 31.5 Å². The van der Waals surface area contributed by atoms with Gasteiger partial charge in [-0.05, 0) is 47.5 Å². The maximum absolute atomic E-state index is 12.8. The highest BCUT2D eigenvalue weighted by atomic mass is 16.3. The minimum Gasteiger partial charge on any atom is -0.506 e. The first kappa shape index (κ1) is 28.4. The molecule has 0 saturated heterocycles. The zero-order valence-electron chi connectivity index (χ0n) is 23.7. The van der Waals surface area contributed by atoms with Gasteiger partial charge in [0.25, 0.3) is 11.8 Å². The van der Waals surface area contributed by atoms with Crippen LogP contribution in [0.15, 0.2) is 84.9 Å². The SMILES string of the molecule is C[N+](C)(C)c1ccc(NC(=O)c2ccc(-c3ccc(C(=O)Nc4ccc([N+](C)(C)C)c(O)c4)cc3)cc2)c(O)c1. The van der Waals surface area contributed by atoms with E-state index in [1.165, 1.54) is 0 Å². The van der Waals surface area contributed by atoms with Crippen LogP contribution in [-0.4, -0.2) is 64.3 Å². The molecule has 0 fully saturated rings. The summed E-state index contributed by atoms with van der Waals surface area (Å²) in [6.07, 6.45) is 0. The van der Waals surface area contributed by atoms with Crippen molar-refractivity contribution >= 4 is 34.6 Å². The maximum atomic E-state index is 12.8. The van der Waals surface area contributed by atoms with Gasteiger partial charge >= 0.3 is 0 Å². The van der Waals surface area contributed by atoms with Crippen molar-refractivity contribution in [3.8, 4) is 22.6 Å². The number of nitrogens with zero attached hydrogens (tertiary/aromatic N) is 2. The lowest BCUT2D eigenvalue weighted by Crippen LogP contribution is -2.34. The molecule has 4 aromatic rings. The molecule has 0 saturated carbocycles. The number of hydrogen-bond acceptors (Lipinski definition) is 4. The highest BCUT2D eigenvalue weighted by molar-refractivity contribution is 6.06. The molecule has 4 N–H and O–H groups in total. The Hall–Kier alpha value is -4.66. The highest BCUT2D eigenvalue weighted by Crippen LogP contribution is 2.32. The summed E-state index contributed by atoms with van der Waals surface area (Å²) >= 11 is 0. The lowest BCUT2D eigenvalue weighted by molar-refractivity contribution is 0.101. The van der Waals surface area contributed by atoms with Crippen LogP contribution in [0.25, 0.3) is 11.1 Å². The molecule has 0 heterocycles. The Morgan fingerprint density at radius 1 is 0.575 bits per heavy atom. The minimum atomic E-state index is -0.326. The van der Waals surface area contributed by atoms with Gasteiger partial charge in [0.1, 0.15) is 11.4 Å². The number of phenols is 2. The van der Waals surface area contributed by atoms with E-state index in [4.69, 9.17) is 0 Å². The topological polar surface area (TPSA) is 98.7 Å². The Kier molecular flexibility index (Phi) is 7.68. The third-order valence-corrected chi connectivity index (χ3v) is 6.59. The molecule has 8 nitrogen and oxygen atoms in total. The van der Waals surface area contributed by atoms with Gasteiger partial charge in [0.15, 0.2) is 11.4 Å².